The van der Waals surface area contributed by atoms with Crippen LogP contribution in [0.15, 0.2) is 23.1 Å². The number of nitrogens with one attached hydrogen (secondary N) is 1. The first kappa shape index (κ1) is 9.10. The zero-order valence-corrected chi connectivity index (χ0v) is 8.95. The Balaban J connectivity index is 2.13. The molecule has 0 amide bonds. The van der Waals surface area contributed by atoms with E-state index in [9.17, 15) is 0 Å². The van der Waals surface area contributed by atoms with E-state index in [1.165, 1.54) is 16.0 Å². The maximum absolute atomic E-state index is 3.29. The van der Waals surface area contributed by atoms with E-state index in [4.69, 9.17) is 0 Å². The third kappa shape index (κ3) is 2.06. The molecule has 2 rings (SSSR count). The molecule has 13 heavy (non-hydrogen) atoms. The fraction of sp³-hybridized carbons (Fsp3) is 0.455. The van der Waals surface area contributed by atoms with Gasteiger partial charge in [-0.15, -0.1) is 11.8 Å². The van der Waals surface area contributed by atoms with Crippen molar-refractivity contribution in [3.63, 3.8) is 0 Å². The molecule has 0 unspecified atom stereocenters. The number of aryl methyl sites for hydroxylation is 2. The first-order chi connectivity index (χ1) is 6.25. The normalized spacial score (nSPS) is 17.1. The Morgan fingerprint density at radius 1 is 1.31 bits per heavy atom. The Morgan fingerprint density at radius 2 is 2.08 bits per heavy atom. The second kappa shape index (κ2) is 3.72. The molecule has 1 saturated heterocycles. The summed E-state index contributed by atoms with van der Waals surface area (Å²) >= 11 is 2.01. The summed E-state index contributed by atoms with van der Waals surface area (Å²) in [7, 11) is 0. The van der Waals surface area contributed by atoms with Gasteiger partial charge in [-0.3, -0.25) is 0 Å². The van der Waals surface area contributed by atoms with Crippen LogP contribution in [-0.4, -0.2) is 18.3 Å². The zero-order valence-electron chi connectivity index (χ0n) is 8.13. The molecule has 70 valence electrons. The molecule has 1 aromatic rings. The topological polar surface area (TPSA) is 12.0 Å². The van der Waals surface area contributed by atoms with Crippen molar-refractivity contribution < 1.29 is 0 Å². The van der Waals surface area contributed by atoms with E-state index in [0.29, 0.717) is 0 Å². The van der Waals surface area contributed by atoms with Crippen LogP contribution in [0, 0.1) is 13.8 Å². The zero-order chi connectivity index (χ0) is 9.26. The Bertz CT molecular complexity index is 305. The minimum absolute atomic E-state index is 0.792. The summed E-state index contributed by atoms with van der Waals surface area (Å²) in [6.45, 7) is 6.67. The highest BCUT2D eigenvalue weighted by atomic mass is 32.2. The molecule has 1 aromatic carbocycles. The van der Waals surface area contributed by atoms with Crippen molar-refractivity contribution in [2.75, 3.05) is 13.1 Å². The minimum atomic E-state index is 0.792. The largest absolute Gasteiger partial charge is 0.314 e. The van der Waals surface area contributed by atoms with Crippen molar-refractivity contribution in [3.8, 4) is 0 Å². The summed E-state index contributed by atoms with van der Waals surface area (Å²) in [5.74, 6) is 0. The molecule has 1 nitrogen and oxygen atoms in total. The van der Waals surface area contributed by atoms with Crippen molar-refractivity contribution in [2.24, 2.45) is 0 Å². The summed E-state index contributed by atoms with van der Waals surface area (Å²) in [5, 5.41) is 4.09. The van der Waals surface area contributed by atoms with Gasteiger partial charge in [0.15, 0.2) is 0 Å². The van der Waals surface area contributed by atoms with Gasteiger partial charge in [-0.25, -0.2) is 0 Å². The average molecular weight is 193 g/mol. The lowest BCUT2D eigenvalue weighted by Crippen LogP contribution is -2.44. The van der Waals surface area contributed by atoms with Crippen LogP contribution in [0.2, 0.25) is 0 Å². The number of thioether (sulfide) groups is 1. The van der Waals surface area contributed by atoms with Crippen LogP contribution in [0.1, 0.15) is 11.1 Å². The minimum Gasteiger partial charge on any atom is -0.314 e. The fourth-order valence-corrected chi connectivity index (χ4v) is 2.63. The molecule has 1 heterocycles. The monoisotopic (exact) mass is 193 g/mol. The van der Waals surface area contributed by atoms with E-state index < -0.39 is 0 Å². The lowest BCUT2D eigenvalue weighted by molar-refractivity contribution is 0.543. The molecule has 1 aliphatic rings. The van der Waals surface area contributed by atoms with Crippen molar-refractivity contribution in [1.82, 2.24) is 5.32 Å². The van der Waals surface area contributed by atoms with E-state index in [1.807, 2.05) is 11.8 Å². The fourth-order valence-electron chi connectivity index (χ4n) is 1.36. The highest BCUT2D eigenvalue weighted by Crippen LogP contribution is 2.29. The van der Waals surface area contributed by atoms with E-state index >= 15 is 0 Å². The van der Waals surface area contributed by atoms with Crippen LogP contribution in [0.3, 0.4) is 0 Å². The highest BCUT2D eigenvalue weighted by molar-refractivity contribution is 8.00. The number of hydrogen-bond donors (Lipinski definition) is 1. The first-order valence-corrected chi connectivity index (χ1v) is 5.58. The molecule has 0 saturated carbocycles. The number of hydrogen-bond acceptors (Lipinski definition) is 2. The second-order valence-electron chi connectivity index (χ2n) is 3.67. The van der Waals surface area contributed by atoms with Crippen molar-refractivity contribution in [1.29, 1.82) is 0 Å². The van der Waals surface area contributed by atoms with Crippen LogP contribution in [0.25, 0.3) is 0 Å². The summed E-state index contributed by atoms with van der Waals surface area (Å²) in [5.41, 5.74) is 2.77. The maximum Gasteiger partial charge on any atom is 0.0344 e. The lowest BCUT2D eigenvalue weighted by Gasteiger charge is -2.27. The molecule has 0 radical (unpaired) electrons. The van der Waals surface area contributed by atoms with Gasteiger partial charge in [0.25, 0.3) is 0 Å². The maximum atomic E-state index is 3.29. The smallest absolute Gasteiger partial charge is 0.0344 e. The Kier molecular flexibility index (Phi) is 2.61. The molecule has 0 bridgehead atoms. The molecule has 1 N–H and O–H groups in total. The molecule has 0 spiro atoms. The van der Waals surface area contributed by atoms with Crippen LogP contribution < -0.4 is 5.32 Å². The van der Waals surface area contributed by atoms with Crippen LogP contribution in [-0.2, 0) is 0 Å². The summed E-state index contributed by atoms with van der Waals surface area (Å²) in [6, 6.07) is 6.68. The molecular formula is C11H15NS. The van der Waals surface area contributed by atoms with Gasteiger partial charge in [-0.05, 0) is 25.5 Å². The van der Waals surface area contributed by atoms with E-state index in [-0.39, 0.29) is 0 Å². The highest BCUT2D eigenvalue weighted by Gasteiger charge is 2.18. The van der Waals surface area contributed by atoms with Gasteiger partial charge in [0, 0.05) is 23.2 Å². The van der Waals surface area contributed by atoms with Crippen LogP contribution in [0.5, 0.6) is 0 Å². The SMILES string of the molecule is Cc1ccc(C)c(SC2CNC2)c1. The van der Waals surface area contributed by atoms with E-state index in [2.05, 4.69) is 37.4 Å². The van der Waals surface area contributed by atoms with Crippen LogP contribution >= 0.6 is 11.8 Å². The molecular weight excluding hydrogens is 178 g/mol. The first-order valence-electron chi connectivity index (χ1n) is 4.70. The van der Waals surface area contributed by atoms with Gasteiger partial charge in [0.05, 0.1) is 0 Å². The van der Waals surface area contributed by atoms with Crippen LogP contribution in [0.4, 0.5) is 0 Å². The summed E-state index contributed by atoms with van der Waals surface area (Å²) in [6.07, 6.45) is 0. The Morgan fingerprint density at radius 3 is 2.69 bits per heavy atom. The van der Waals surface area contributed by atoms with Gasteiger partial charge in [-0.2, -0.15) is 0 Å². The molecule has 0 aliphatic carbocycles. The second-order valence-corrected chi connectivity index (χ2v) is 5.01. The van der Waals surface area contributed by atoms with Gasteiger partial charge in [0.2, 0.25) is 0 Å². The third-order valence-corrected chi connectivity index (χ3v) is 3.74. The summed E-state index contributed by atoms with van der Waals surface area (Å²) in [4.78, 5) is 1.45. The molecule has 2 heteroatoms. The quantitative estimate of drug-likeness (QED) is 0.774. The third-order valence-electron chi connectivity index (χ3n) is 2.38. The van der Waals surface area contributed by atoms with Gasteiger partial charge in [0.1, 0.15) is 0 Å². The average Bonchev–Trinajstić information content (AvgIpc) is 2.03. The standard InChI is InChI=1S/C11H15NS/c1-8-3-4-9(2)11(5-8)13-10-6-12-7-10/h3-5,10,12H,6-7H2,1-2H3. The predicted molar refractivity (Wildman–Crippen MR) is 58.4 cm³/mol. The predicted octanol–water partition coefficient (Wildman–Crippen LogP) is 2.37. The Labute approximate surface area is 83.9 Å². The van der Waals surface area contributed by atoms with Gasteiger partial charge < -0.3 is 5.32 Å². The lowest BCUT2D eigenvalue weighted by atomic mass is 10.2. The van der Waals surface area contributed by atoms with Gasteiger partial charge >= 0.3 is 0 Å². The number of benzene rings is 1. The molecule has 1 fully saturated rings. The Hall–Kier alpha value is -0.470. The summed E-state index contributed by atoms with van der Waals surface area (Å²) < 4.78 is 0. The molecule has 0 aromatic heterocycles. The van der Waals surface area contributed by atoms with Crippen molar-refractivity contribution in [3.05, 3.63) is 29.3 Å². The van der Waals surface area contributed by atoms with E-state index in [1.54, 1.807) is 0 Å². The van der Waals surface area contributed by atoms with Gasteiger partial charge in [-0.1, -0.05) is 17.7 Å². The molecule has 1 aliphatic heterocycles. The van der Waals surface area contributed by atoms with Crippen molar-refractivity contribution >= 4 is 11.8 Å². The van der Waals surface area contributed by atoms with Crippen molar-refractivity contribution in [2.45, 2.75) is 24.0 Å². The molecule has 0 atom stereocenters. The van der Waals surface area contributed by atoms with E-state index in [0.717, 1.165) is 18.3 Å². The number of rotatable bonds is 2.